The minimum absolute atomic E-state index is 0.292. The van der Waals surface area contributed by atoms with Crippen molar-refractivity contribution in [2.45, 2.75) is 33.0 Å². The SMILES string of the molecule is CCOC(C)CN1Cc2cccc(N)c2C1. The van der Waals surface area contributed by atoms with Crippen molar-refractivity contribution in [2.75, 3.05) is 18.9 Å². The lowest BCUT2D eigenvalue weighted by Crippen LogP contribution is -2.28. The Labute approximate surface area is 97.2 Å². The predicted molar refractivity (Wildman–Crippen MR) is 66.1 cm³/mol. The van der Waals surface area contributed by atoms with Gasteiger partial charge in [-0.05, 0) is 31.0 Å². The first kappa shape index (κ1) is 11.4. The summed E-state index contributed by atoms with van der Waals surface area (Å²) in [4.78, 5) is 2.39. The zero-order chi connectivity index (χ0) is 11.5. The fraction of sp³-hybridized carbons (Fsp3) is 0.538. The minimum Gasteiger partial charge on any atom is -0.398 e. The van der Waals surface area contributed by atoms with Gasteiger partial charge in [-0.15, -0.1) is 0 Å². The quantitative estimate of drug-likeness (QED) is 0.789. The fourth-order valence-corrected chi connectivity index (χ4v) is 2.35. The smallest absolute Gasteiger partial charge is 0.0673 e. The molecule has 1 aliphatic rings. The van der Waals surface area contributed by atoms with E-state index in [4.69, 9.17) is 10.5 Å². The molecule has 3 heteroatoms. The van der Waals surface area contributed by atoms with Crippen LogP contribution < -0.4 is 5.73 Å². The Kier molecular flexibility index (Phi) is 3.46. The van der Waals surface area contributed by atoms with Crippen LogP contribution in [0.15, 0.2) is 18.2 Å². The third kappa shape index (κ3) is 2.36. The standard InChI is InChI=1S/C13H20N2O/c1-3-16-10(2)7-15-8-11-5-4-6-13(14)12(11)9-15/h4-6,10H,3,7-9,14H2,1-2H3. The number of anilines is 1. The molecule has 3 nitrogen and oxygen atoms in total. The van der Waals surface area contributed by atoms with Crippen LogP contribution in [-0.2, 0) is 17.8 Å². The van der Waals surface area contributed by atoms with Gasteiger partial charge in [0.15, 0.2) is 0 Å². The second-order valence-corrected chi connectivity index (χ2v) is 4.42. The van der Waals surface area contributed by atoms with E-state index in [-0.39, 0.29) is 0 Å². The summed E-state index contributed by atoms with van der Waals surface area (Å²) in [7, 11) is 0. The number of fused-ring (bicyclic) bond motifs is 1. The van der Waals surface area contributed by atoms with E-state index in [1.165, 1.54) is 11.1 Å². The molecule has 16 heavy (non-hydrogen) atoms. The molecule has 0 radical (unpaired) electrons. The van der Waals surface area contributed by atoms with Gasteiger partial charge < -0.3 is 10.5 Å². The van der Waals surface area contributed by atoms with Crippen LogP contribution in [0.1, 0.15) is 25.0 Å². The van der Waals surface area contributed by atoms with Crippen LogP contribution in [0, 0.1) is 0 Å². The van der Waals surface area contributed by atoms with Crippen molar-refractivity contribution in [1.29, 1.82) is 0 Å². The van der Waals surface area contributed by atoms with Crippen molar-refractivity contribution in [2.24, 2.45) is 0 Å². The molecule has 0 amide bonds. The highest BCUT2D eigenvalue weighted by Gasteiger charge is 2.21. The Morgan fingerprint density at radius 2 is 2.25 bits per heavy atom. The van der Waals surface area contributed by atoms with E-state index < -0.39 is 0 Å². The molecule has 1 heterocycles. The molecule has 2 N–H and O–H groups in total. The van der Waals surface area contributed by atoms with Crippen LogP contribution >= 0.6 is 0 Å². The zero-order valence-electron chi connectivity index (χ0n) is 10.1. The highest BCUT2D eigenvalue weighted by atomic mass is 16.5. The van der Waals surface area contributed by atoms with E-state index in [2.05, 4.69) is 17.9 Å². The fourth-order valence-electron chi connectivity index (χ4n) is 2.35. The molecular weight excluding hydrogens is 200 g/mol. The van der Waals surface area contributed by atoms with Gasteiger partial charge in [0.25, 0.3) is 0 Å². The first-order valence-electron chi connectivity index (χ1n) is 5.91. The van der Waals surface area contributed by atoms with Crippen LogP contribution in [0.5, 0.6) is 0 Å². The van der Waals surface area contributed by atoms with Crippen LogP contribution in [-0.4, -0.2) is 24.2 Å². The van der Waals surface area contributed by atoms with E-state index >= 15 is 0 Å². The number of rotatable bonds is 4. The molecule has 1 aromatic rings. The largest absolute Gasteiger partial charge is 0.398 e. The molecule has 0 bridgehead atoms. The summed E-state index contributed by atoms with van der Waals surface area (Å²) >= 11 is 0. The first-order chi connectivity index (χ1) is 7.70. The maximum Gasteiger partial charge on any atom is 0.0673 e. The molecule has 0 spiro atoms. The molecule has 0 saturated heterocycles. The minimum atomic E-state index is 0.292. The highest BCUT2D eigenvalue weighted by molar-refractivity contribution is 5.52. The zero-order valence-corrected chi connectivity index (χ0v) is 10.1. The normalized spacial score (nSPS) is 17.4. The maximum absolute atomic E-state index is 5.97. The second-order valence-electron chi connectivity index (χ2n) is 4.42. The summed E-state index contributed by atoms with van der Waals surface area (Å²) in [6, 6.07) is 6.18. The molecule has 1 aliphatic heterocycles. The van der Waals surface area contributed by atoms with Crippen LogP contribution in [0.3, 0.4) is 0 Å². The van der Waals surface area contributed by atoms with Crippen molar-refractivity contribution in [3.63, 3.8) is 0 Å². The number of nitrogen functional groups attached to an aromatic ring is 1. The first-order valence-corrected chi connectivity index (χ1v) is 5.91. The Morgan fingerprint density at radius 3 is 2.94 bits per heavy atom. The van der Waals surface area contributed by atoms with Gasteiger partial charge in [-0.1, -0.05) is 12.1 Å². The highest BCUT2D eigenvalue weighted by Crippen LogP contribution is 2.27. The van der Waals surface area contributed by atoms with Gasteiger partial charge in [0.1, 0.15) is 0 Å². The van der Waals surface area contributed by atoms with E-state index in [0.29, 0.717) is 6.10 Å². The summed E-state index contributed by atoms with van der Waals surface area (Å²) in [5.41, 5.74) is 9.55. The van der Waals surface area contributed by atoms with E-state index in [1.807, 2.05) is 19.1 Å². The van der Waals surface area contributed by atoms with Crippen molar-refractivity contribution in [3.8, 4) is 0 Å². The molecule has 0 aromatic heterocycles. The third-order valence-corrected chi connectivity index (χ3v) is 3.05. The van der Waals surface area contributed by atoms with Gasteiger partial charge in [0, 0.05) is 31.9 Å². The lowest BCUT2D eigenvalue weighted by molar-refractivity contribution is 0.0448. The monoisotopic (exact) mass is 220 g/mol. The molecule has 88 valence electrons. The molecule has 2 rings (SSSR count). The Balaban J connectivity index is 1.98. The van der Waals surface area contributed by atoms with Gasteiger partial charge in [-0.3, -0.25) is 4.90 Å². The predicted octanol–water partition coefficient (Wildman–Crippen LogP) is 2.01. The van der Waals surface area contributed by atoms with Crippen LogP contribution in [0.25, 0.3) is 0 Å². The van der Waals surface area contributed by atoms with Crippen molar-refractivity contribution < 1.29 is 4.74 Å². The number of nitrogens with zero attached hydrogens (tertiary/aromatic N) is 1. The van der Waals surface area contributed by atoms with E-state index in [0.717, 1.165) is 31.9 Å². The van der Waals surface area contributed by atoms with Gasteiger partial charge >= 0.3 is 0 Å². The summed E-state index contributed by atoms with van der Waals surface area (Å²) in [6.07, 6.45) is 0.292. The molecule has 1 atom stereocenters. The molecule has 0 saturated carbocycles. The number of hydrogen-bond acceptors (Lipinski definition) is 3. The van der Waals surface area contributed by atoms with E-state index in [9.17, 15) is 0 Å². The van der Waals surface area contributed by atoms with Crippen LogP contribution in [0.2, 0.25) is 0 Å². The second kappa shape index (κ2) is 4.85. The summed E-state index contributed by atoms with van der Waals surface area (Å²) in [6.45, 7) is 7.87. The summed E-state index contributed by atoms with van der Waals surface area (Å²) < 4.78 is 5.56. The Bertz CT molecular complexity index is 365. The van der Waals surface area contributed by atoms with Gasteiger partial charge in [-0.25, -0.2) is 0 Å². The van der Waals surface area contributed by atoms with Gasteiger partial charge in [0.2, 0.25) is 0 Å². The molecule has 1 unspecified atom stereocenters. The lowest BCUT2D eigenvalue weighted by atomic mass is 10.1. The van der Waals surface area contributed by atoms with Crippen molar-refractivity contribution in [1.82, 2.24) is 4.90 Å². The Hall–Kier alpha value is -1.06. The van der Waals surface area contributed by atoms with Gasteiger partial charge in [0.05, 0.1) is 6.10 Å². The molecular formula is C13H20N2O. The topological polar surface area (TPSA) is 38.5 Å². The average Bonchev–Trinajstić information content (AvgIpc) is 2.62. The number of hydrogen-bond donors (Lipinski definition) is 1. The number of benzene rings is 1. The summed E-state index contributed by atoms with van der Waals surface area (Å²) in [5, 5.41) is 0. The average molecular weight is 220 g/mol. The Morgan fingerprint density at radius 1 is 1.44 bits per heavy atom. The molecule has 1 aromatic carbocycles. The third-order valence-electron chi connectivity index (χ3n) is 3.05. The van der Waals surface area contributed by atoms with E-state index in [1.54, 1.807) is 0 Å². The number of nitrogens with two attached hydrogens (primary N) is 1. The maximum atomic E-state index is 5.97. The van der Waals surface area contributed by atoms with Gasteiger partial charge in [-0.2, -0.15) is 0 Å². The van der Waals surface area contributed by atoms with Crippen LogP contribution in [0.4, 0.5) is 5.69 Å². The van der Waals surface area contributed by atoms with Crippen molar-refractivity contribution in [3.05, 3.63) is 29.3 Å². The number of ether oxygens (including phenoxy) is 1. The summed E-state index contributed by atoms with van der Waals surface area (Å²) in [5.74, 6) is 0. The van der Waals surface area contributed by atoms with Crippen molar-refractivity contribution >= 4 is 5.69 Å². The lowest BCUT2D eigenvalue weighted by Gasteiger charge is -2.20. The molecule has 0 aliphatic carbocycles. The molecule has 0 fully saturated rings.